The molecule has 2 aromatic heterocycles. The number of aromatic nitrogens is 2. The zero-order valence-corrected chi connectivity index (χ0v) is 10.4. The number of hydrogen-bond donors (Lipinski definition) is 1. The fourth-order valence-corrected chi connectivity index (χ4v) is 1.70. The van der Waals surface area contributed by atoms with E-state index < -0.39 is 0 Å². The maximum atomic E-state index is 12.0. The van der Waals surface area contributed by atoms with Crippen LogP contribution in [-0.2, 0) is 4.74 Å². The first-order valence-electron chi connectivity index (χ1n) is 5.71. The normalized spacial score (nSPS) is 10.6. The molecule has 0 unspecified atom stereocenters. The molecule has 2 rings (SSSR count). The molecule has 0 radical (unpaired) electrons. The molecule has 1 N–H and O–H groups in total. The predicted molar refractivity (Wildman–Crippen MR) is 68.5 cm³/mol. The summed E-state index contributed by atoms with van der Waals surface area (Å²) in [7, 11) is 1.60. The molecule has 0 fully saturated rings. The highest BCUT2D eigenvalue weighted by molar-refractivity contribution is 5.98. The molecule has 0 saturated heterocycles. The van der Waals surface area contributed by atoms with Crippen molar-refractivity contribution >= 4 is 16.8 Å². The van der Waals surface area contributed by atoms with Crippen LogP contribution in [0.3, 0.4) is 0 Å². The van der Waals surface area contributed by atoms with E-state index in [-0.39, 0.29) is 5.91 Å². The van der Waals surface area contributed by atoms with Crippen LogP contribution in [0.15, 0.2) is 24.5 Å². The third-order valence-corrected chi connectivity index (χ3v) is 2.64. The lowest BCUT2D eigenvalue weighted by atomic mass is 10.1. The molecule has 2 heterocycles. The minimum absolute atomic E-state index is 0.136. The Morgan fingerprint density at radius 2 is 2.33 bits per heavy atom. The van der Waals surface area contributed by atoms with Gasteiger partial charge in [-0.25, -0.2) is 0 Å². The Kier molecular flexibility index (Phi) is 3.84. The van der Waals surface area contributed by atoms with Crippen molar-refractivity contribution < 1.29 is 9.53 Å². The fraction of sp³-hybridized carbons (Fsp3) is 0.308. The summed E-state index contributed by atoms with van der Waals surface area (Å²) < 4.78 is 4.89. The predicted octanol–water partition coefficient (Wildman–Crippen LogP) is 1.31. The SMILES string of the molecule is COCCNC(=O)c1cc2cnccc2nc1C. The van der Waals surface area contributed by atoms with E-state index in [0.29, 0.717) is 24.4 Å². The lowest BCUT2D eigenvalue weighted by Gasteiger charge is -2.08. The average molecular weight is 245 g/mol. The Balaban J connectivity index is 2.27. The summed E-state index contributed by atoms with van der Waals surface area (Å²) in [4.78, 5) is 20.4. The number of pyridine rings is 2. The molecule has 0 spiro atoms. The van der Waals surface area contributed by atoms with E-state index in [9.17, 15) is 4.79 Å². The zero-order valence-electron chi connectivity index (χ0n) is 10.4. The van der Waals surface area contributed by atoms with Gasteiger partial charge in [-0.15, -0.1) is 0 Å². The maximum absolute atomic E-state index is 12.0. The zero-order chi connectivity index (χ0) is 13.0. The van der Waals surface area contributed by atoms with Gasteiger partial charge in [0, 0.05) is 31.4 Å². The molecule has 5 heteroatoms. The van der Waals surface area contributed by atoms with Gasteiger partial charge in [0.1, 0.15) is 0 Å². The first-order valence-corrected chi connectivity index (χ1v) is 5.71. The Morgan fingerprint density at radius 1 is 1.50 bits per heavy atom. The summed E-state index contributed by atoms with van der Waals surface area (Å²) in [6, 6.07) is 3.64. The van der Waals surface area contributed by atoms with Crippen LogP contribution in [0.1, 0.15) is 16.1 Å². The highest BCUT2D eigenvalue weighted by atomic mass is 16.5. The Bertz CT molecular complexity index is 569. The van der Waals surface area contributed by atoms with Crippen LogP contribution in [0.4, 0.5) is 0 Å². The number of carbonyl (C=O) groups is 1. The fourth-order valence-electron chi connectivity index (χ4n) is 1.70. The molecule has 1 amide bonds. The molecule has 0 aliphatic heterocycles. The summed E-state index contributed by atoms with van der Waals surface area (Å²) >= 11 is 0. The molecule has 0 atom stereocenters. The molecule has 0 saturated carbocycles. The van der Waals surface area contributed by atoms with Gasteiger partial charge in [0.05, 0.1) is 23.4 Å². The molecule has 2 aromatic rings. The van der Waals surface area contributed by atoms with Crippen LogP contribution in [-0.4, -0.2) is 36.1 Å². The second-order valence-electron chi connectivity index (χ2n) is 3.94. The third kappa shape index (κ3) is 2.62. The minimum atomic E-state index is -0.136. The van der Waals surface area contributed by atoms with Crippen LogP contribution in [0.5, 0.6) is 0 Å². The summed E-state index contributed by atoms with van der Waals surface area (Å²) in [5.74, 6) is -0.136. The van der Waals surface area contributed by atoms with Crippen molar-refractivity contribution in [1.29, 1.82) is 0 Å². The maximum Gasteiger partial charge on any atom is 0.253 e. The van der Waals surface area contributed by atoms with Gasteiger partial charge in [0.15, 0.2) is 0 Å². The van der Waals surface area contributed by atoms with E-state index in [1.54, 1.807) is 19.5 Å². The van der Waals surface area contributed by atoms with Gasteiger partial charge in [-0.2, -0.15) is 0 Å². The molecule has 0 aliphatic carbocycles. The quantitative estimate of drug-likeness (QED) is 0.825. The number of ether oxygens (including phenoxy) is 1. The first-order chi connectivity index (χ1) is 8.72. The number of amides is 1. The van der Waals surface area contributed by atoms with Crippen molar-refractivity contribution in [3.8, 4) is 0 Å². The van der Waals surface area contributed by atoms with E-state index in [1.165, 1.54) is 0 Å². The molecule has 18 heavy (non-hydrogen) atoms. The molecule has 0 aromatic carbocycles. The first kappa shape index (κ1) is 12.4. The number of carbonyl (C=O) groups excluding carboxylic acids is 1. The van der Waals surface area contributed by atoms with Gasteiger partial charge >= 0.3 is 0 Å². The van der Waals surface area contributed by atoms with Gasteiger partial charge < -0.3 is 10.1 Å². The Morgan fingerprint density at radius 3 is 3.11 bits per heavy atom. The topological polar surface area (TPSA) is 64.1 Å². The van der Waals surface area contributed by atoms with Crippen molar-refractivity contribution in [2.45, 2.75) is 6.92 Å². The number of aryl methyl sites for hydroxylation is 1. The van der Waals surface area contributed by atoms with Crippen LogP contribution in [0.2, 0.25) is 0 Å². The van der Waals surface area contributed by atoms with Crippen LogP contribution < -0.4 is 5.32 Å². The van der Waals surface area contributed by atoms with E-state index in [2.05, 4.69) is 15.3 Å². The molecule has 0 bridgehead atoms. The van der Waals surface area contributed by atoms with Gasteiger partial charge in [-0.05, 0) is 19.1 Å². The summed E-state index contributed by atoms with van der Waals surface area (Å²) in [6.45, 7) is 2.80. The van der Waals surface area contributed by atoms with E-state index >= 15 is 0 Å². The largest absolute Gasteiger partial charge is 0.383 e. The number of methoxy groups -OCH3 is 1. The molecular formula is C13H15N3O2. The Hall–Kier alpha value is -2.01. The van der Waals surface area contributed by atoms with E-state index in [4.69, 9.17) is 4.74 Å². The van der Waals surface area contributed by atoms with Crippen molar-refractivity contribution in [2.75, 3.05) is 20.3 Å². The van der Waals surface area contributed by atoms with Crippen LogP contribution in [0, 0.1) is 6.92 Å². The van der Waals surface area contributed by atoms with E-state index in [1.807, 2.05) is 19.1 Å². The van der Waals surface area contributed by atoms with E-state index in [0.717, 1.165) is 10.9 Å². The Labute approximate surface area is 105 Å². The lowest BCUT2D eigenvalue weighted by molar-refractivity contribution is 0.0936. The van der Waals surface area contributed by atoms with Crippen molar-refractivity contribution in [1.82, 2.24) is 15.3 Å². The monoisotopic (exact) mass is 245 g/mol. The highest BCUT2D eigenvalue weighted by Gasteiger charge is 2.10. The summed E-state index contributed by atoms with van der Waals surface area (Å²) in [6.07, 6.45) is 3.39. The highest BCUT2D eigenvalue weighted by Crippen LogP contribution is 2.15. The van der Waals surface area contributed by atoms with Gasteiger partial charge in [-0.3, -0.25) is 14.8 Å². The summed E-state index contributed by atoms with van der Waals surface area (Å²) in [5.41, 5.74) is 2.13. The van der Waals surface area contributed by atoms with Crippen LogP contribution in [0.25, 0.3) is 10.9 Å². The number of rotatable bonds is 4. The van der Waals surface area contributed by atoms with Gasteiger partial charge in [0.2, 0.25) is 0 Å². The lowest BCUT2D eigenvalue weighted by Crippen LogP contribution is -2.27. The summed E-state index contributed by atoms with van der Waals surface area (Å²) in [5, 5.41) is 3.64. The molecular weight excluding hydrogens is 230 g/mol. The molecule has 5 nitrogen and oxygen atoms in total. The van der Waals surface area contributed by atoms with Crippen molar-refractivity contribution in [2.24, 2.45) is 0 Å². The van der Waals surface area contributed by atoms with Crippen molar-refractivity contribution in [3.05, 3.63) is 35.8 Å². The minimum Gasteiger partial charge on any atom is -0.383 e. The van der Waals surface area contributed by atoms with Crippen molar-refractivity contribution in [3.63, 3.8) is 0 Å². The van der Waals surface area contributed by atoms with Crippen LogP contribution >= 0.6 is 0 Å². The average Bonchev–Trinajstić information content (AvgIpc) is 2.38. The van der Waals surface area contributed by atoms with Gasteiger partial charge in [-0.1, -0.05) is 0 Å². The smallest absolute Gasteiger partial charge is 0.253 e. The number of nitrogens with one attached hydrogen (secondary N) is 1. The number of nitrogens with zero attached hydrogens (tertiary/aromatic N) is 2. The standard InChI is InChI=1S/C13H15N3O2/c1-9-11(13(17)15-5-6-18-2)7-10-8-14-4-3-12(10)16-9/h3-4,7-8H,5-6H2,1-2H3,(H,15,17). The third-order valence-electron chi connectivity index (χ3n) is 2.64. The number of hydrogen-bond acceptors (Lipinski definition) is 4. The van der Waals surface area contributed by atoms with Gasteiger partial charge in [0.25, 0.3) is 5.91 Å². The second kappa shape index (κ2) is 5.55. The molecule has 94 valence electrons. The molecule has 0 aliphatic rings. The number of fused-ring (bicyclic) bond motifs is 1. The second-order valence-corrected chi connectivity index (χ2v) is 3.94.